The van der Waals surface area contributed by atoms with Gasteiger partial charge >= 0.3 is 0 Å². The Kier molecular flexibility index (Phi) is 1.55. The minimum absolute atomic E-state index is 0.0524. The molecule has 6 heteroatoms. The highest BCUT2D eigenvalue weighted by Crippen LogP contribution is 2.53. The fourth-order valence-electron chi connectivity index (χ4n) is 1.62. The molecular formula is C8H10FN3OS. The molecule has 14 heavy (non-hydrogen) atoms. The van der Waals surface area contributed by atoms with Crippen LogP contribution in [0.2, 0.25) is 0 Å². The fourth-order valence-corrected chi connectivity index (χ4v) is 3.52. The number of nitrogens with zero attached hydrogens (tertiary/aromatic N) is 3. The van der Waals surface area contributed by atoms with E-state index in [4.69, 9.17) is 0 Å². The topological polar surface area (TPSA) is 50.4 Å². The summed E-state index contributed by atoms with van der Waals surface area (Å²) in [6.07, 6.45) is 4.30. The molecule has 76 valence electrons. The fraction of sp³-hybridized carbons (Fsp3) is 0.500. The first-order valence-electron chi connectivity index (χ1n) is 4.44. The van der Waals surface area contributed by atoms with E-state index >= 15 is 0 Å². The Morgan fingerprint density at radius 3 is 3.07 bits per heavy atom. The van der Waals surface area contributed by atoms with Crippen LogP contribution >= 0.6 is 11.1 Å². The van der Waals surface area contributed by atoms with Crippen LogP contribution in [0, 0.1) is 0 Å². The zero-order valence-electron chi connectivity index (χ0n) is 7.39. The van der Waals surface area contributed by atoms with Crippen LogP contribution in [0.1, 0.15) is 12.8 Å². The Balaban J connectivity index is 2.05. The smallest absolute Gasteiger partial charge is 0.162 e. The number of halogens is 1. The van der Waals surface area contributed by atoms with Crippen LogP contribution in [-0.4, -0.2) is 30.7 Å². The van der Waals surface area contributed by atoms with Gasteiger partial charge in [-0.2, -0.15) is 0 Å². The third-order valence-electron chi connectivity index (χ3n) is 2.55. The zero-order valence-corrected chi connectivity index (χ0v) is 8.28. The van der Waals surface area contributed by atoms with E-state index in [1.165, 1.54) is 0 Å². The summed E-state index contributed by atoms with van der Waals surface area (Å²) in [6, 6.07) is 0. The van der Waals surface area contributed by atoms with Crippen LogP contribution in [0.3, 0.4) is 0 Å². The Labute approximate surface area is 83.0 Å². The molecule has 0 radical (unpaired) electrons. The van der Waals surface area contributed by atoms with Crippen molar-refractivity contribution in [1.29, 1.82) is 0 Å². The number of fused-ring (bicyclic) bond motifs is 1. The van der Waals surface area contributed by atoms with Crippen molar-refractivity contribution in [2.75, 3.05) is 5.94 Å². The summed E-state index contributed by atoms with van der Waals surface area (Å²) in [5.74, 6) is 0.618. The van der Waals surface area contributed by atoms with Gasteiger partial charge in [0.15, 0.2) is 11.5 Å². The van der Waals surface area contributed by atoms with Gasteiger partial charge in [0.2, 0.25) is 0 Å². The predicted octanol–water partition coefficient (Wildman–Crippen LogP) is 1.14. The van der Waals surface area contributed by atoms with Crippen LogP contribution in [0.5, 0.6) is 0 Å². The molecule has 1 saturated carbocycles. The maximum absolute atomic E-state index is 13.8. The van der Waals surface area contributed by atoms with Crippen molar-refractivity contribution in [3.63, 3.8) is 0 Å². The minimum Gasteiger partial charge on any atom is -0.385 e. The standard InChI is InChI=1S/C8H10FN3OS/c9-8(1-2-8)7-11-6-3-10-4-12(6)14(7)5-13/h3-4,13-14H,1-2,5H2. The summed E-state index contributed by atoms with van der Waals surface area (Å²) < 4.78 is 15.6. The largest absolute Gasteiger partial charge is 0.385 e. The highest BCUT2D eigenvalue weighted by Gasteiger charge is 2.52. The van der Waals surface area contributed by atoms with E-state index in [2.05, 4.69) is 9.98 Å². The minimum atomic E-state index is -1.23. The second-order valence-corrected chi connectivity index (χ2v) is 5.47. The molecule has 2 heterocycles. The van der Waals surface area contributed by atoms with Crippen LogP contribution in [0.15, 0.2) is 17.5 Å². The molecule has 2 aliphatic rings. The van der Waals surface area contributed by atoms with Gasteiger partial charge in [0.05, 0.1) is 12.1 Å². The summed E-state index contributed by atoms with van der Waals surface area (Å²) in [5.41, 5.74) is -1.23. The van der Waals surface area contributed by atoms with Crippen molar-refractivity contribution in [2.24, 2.45) is 4.99 Å². The van der Waals surface area contributed by atoms with Gasteiger partial charge in [0, 0.05) is 0 Å². The molecule has 1 N–H and O–H groups in total. The van der Waals surface area contributed by atoms with E-state index in [1.54, 1.807) is 16.5 Å². The van der Waals surface area contributed by atoms with Crippen LogP contribution in [0.4, 0.5) is 10.2 Å². The number of aliphatic hydroxyl groups excluding tert-OH is 1. The summed E-state index contributed by atoms with van der Waals surface area (Å²) in [4.78, 5) is 8.13. The Morgan fingerprint density at radius 1 is 1.64 bits per heavy atom. The second kappa shape index (κ2) is 2.58. The first kappa shape index (κ1) is 8.43. The summed E-state index contributed by atoms with van der Waals surface area (Å²) in [6.45, 7) is 0. The molecule has 1 fully saturated rings. The number of aromatic nitrogens is 2. The Bertz CT molecular complexity index is 412. The highest BCUT2D eigenvalue weighted by molar-refractivity contribution is 8.29. The third-order valence-corrected chi connectivity index (χ3v) is 4.64. The predicted molar refractivity (Wildman–Crippen MR) is 53.9 cm³/mol. The normalized spacial score (nSPS) is 29.9. The molecule has 3 rings (SSSR count). The van der Waals surface area contributed by atoms with Crippen molar-refractivity contribution < 1.29 is 9.50 Å². The summed E-state index contributed by atoms with van der Waals surface area (Å²) in [5, 5.41) is 9.76. The van der Waals surface area contributed by atoms with E-state index < -0.39 is 16.7 Å². The molecular weight excluding hydrogens is 205 g/mol. The first-order chi connectivity index (χ1) is 6.74. The van der Waals surface area contributed by atoms with Gasteiger partial charge in [-0.15, -0.1) is 11.1 Å². The second-order valence-electron chi connectivity index (χ2n) is 3.54. The van der Waals surface area contributed by atoms with Gasteiger partial charge in [-0.1, -0.05) is 0 Å². The molecule has 1 aromatic heterocycles. The van der Waals surface area contributed by atoms with Crippen molar-refractivity contribution in [3.05, 3.63) is 12.5 Å². The highest BCUT2D eigenvalue weighted by atomic mass is 32.2. The molecule has 1 aliphatic heterocycles. The Morgan fingerprint density at radius 2 is 2.43 bits per heavy atom. The Hall–Kier alpha value is -0.880. The van der Waals surface area contributed by atoms with Crippen LogP contribution in [0.25, 0.3) is 0 Å². The number of hydrogen-bond donors (Lipinski definition) is 2. The van der Waals surface area contributed by atoms with Crippen molar-refractivity contribution in [1.82, 2.24) is 8.96 Å². The molecule has 1 atom stereocenters. The van der Waals surface area contributed by atoms with E-state index in [9.17, 15) is 9.50 Å². The third kappa shape index (κ3) is 0.978. The molecule has 0 aromatic carbocycles. The molecule has 4 nitrogen and oxygen atoms in total. The number of hydrogen-bond acceptors (Lipinski definition) is 3. The van der Waals surface area contributed by atoms with Crippen molar-refractivity contribution in [3.8, 4) is 0 Å². The van der Waals surface area contributed by atoms with Gasteiger partial charge in [-0.05, 0) is 12.8 Å². The number of alkyl halides is 1. The quantitative estimate of drug-likeness (QED) is 0.727. The van der Waals surface area contributed by atoms with Crippen molar-refractivity contribution in [2.45, 2.75) is 18.5 Å². The number of aliphatic hydroxyl groups is 1. The van der Waals surface area contributed by atoms with Gasteiger partial charge in [-0.3, -0.25) is 3.97 Å². The molecule has 0 spiro atoms. The maximum Gasteiger partial charge on any atom is 0.162 e. The average molecular weight is 215 g/mol. The van der Waals surface area contributed by atoms with Gasteiger partial charge < -0.3 is 5.11 Å². The van der Waals surface area contributed by atoms with E-state index in [0.29, 0.717) is 23.7 Å². The molecule has 1 unspecified atom stereocenters. The monoisotopic (exact) mass is 215 g/mol. The number of thiol groups is 1. The summed E-state index contributed by atoms with van der Waals surface area (Å²) in [7, 11) is 0. The van der Waals surface area contributed by atoms with E-state index in [1.807, 2.05) is 0 Å². The lowest BCUT2D eigenvalue weighted by molar-refractivity contribution is 0.372. The van der Waals surface area contributed by atoms with E-state index in [-0.39, 0.29) is 5.94 Å². The molecule has 1 aliphatic carbocycles. The zero-order chi connectivity index (χ0) is 9.76. The SMILES string of the molecule is OC[SH]1C(C2(F)CC2)=Nc2cncn21. The average Bonchev–Trinajstić information content (AvgIpc) is 2.65. The molecule has 0 amide bonds. The first-order valence-corrected chi connectivity index (χ1v) is 5.92. The van der Waals surface area contributed by atoms with E-state index in [0.717, 1.165) is 0 Å². The van der Waals surface area contributed by atoms with Gasteiger partial charge in [0.25, 0.3) is 0 Å². The van der Waals surface area contributed by atoms with Gasteiger partial charge in [0.1, 0.15) is 11.4 Å². The summed E-state index contributed by atoms with van der Waals surface area (Å²) >= 11 is -1.03. The number of rotatable bonds is 2. The maximum atomic E-state index is 13.8. The van der Waals surface area contributed by atoms with Gasteiger partial charge in [-0.25, -0.2) is 14.4 Å². The van der Waals surface area contributed by atoms with Crippen LogP contribution < -0.4 is 0 Å². The van der Waals surface area contributed by atoms with Crippen molar-refractivity contribution >= 4 is 21.9 Å². The number of aliphatic imine (C=N–C) groups is 1. The lowest BCUT2D eigenvalue weighted by atomic mass is 10.4. The van der Waals surface area contributed by atoms with Crippen LogP contribution in [-0.2, 0) is 0 Å². The lowest BCUT2D eigenvalue weighted by Crippen LogP contribution is -2.18. The lowest BCUT2D eigenvalue weighted by Gasteiger charge is -2.18. The molecule has 0 bridgehead atoms. The molecule has 1 aromatic rings. The number of imidazole rings is 1. The molecule has 0 saturated heterocycles.